The minimum absolute atomic E-state index is 0.111. The predicted octanol–water partition coefficient (Wildman–Crippen LogP) is 3.43. The van der Waals surface area contributed by atoms with E-state index in [1.807, 2.05) is 45.0 Å². The number of thioether (sulfide) groups is 1. The quantitative estimate of drug-likeness (QED) is 0.825. The molecule has 1 aliphatic rings. The molecule has 0 fully saturated rings. The first-order valence-electron chi connectivity index (χ1n) is 8.62. The summed E-state index contributed by atoms with van der Waals surface area (Å²) in [6, 6.07) is 11.1. The average Bonchev–Trinajstić information content (AvgIpc) is 2.73. The predicted molar refractivity (Wildman–Crippen MR) is 106 cm³/mol. The van der Waals surface area contributed by atoms with Crippen LogP contribution in [0, 0.1) is 25.2 Å². The van der Waals surface area contributed by atoms with Crippen molar-refractivity contribution in [1.82, 2.24) is 4.98 Å². The molecule has 138 valence electrons. The maximum Gasteiger partial charge on any atom is 0.237 e. The summed E-state index contributed by atoms with van der Waals surface area (Å²) in [5, 5.41) is 12.8. The molecule has 0 spiro atoms. The average molecular weight is 380 g/mol. The van der Waals surface area contributed by atoms with Crippen molar-refractivity contribution in [3.63, 3.8) is 0 Å². The number of hydrogen-bond acceptors (Lipinski definition) is 5. The monoisotopic (exact) mass is 380 g/mol. The van der Waals surface area contributed by atoms with Gasteiger partial charge in [0.15, 0.2) is 0 Å². The first-order valence-corrected chi connectivity index (χ1v) is 9.61. The van der Waals surface area contributed by atoms with Crippen molar-refractivity contribution in [2.75, 3.05) is 16.0 Å². The number of nitrogens with one attached hydrogen (secondary N) is 1. The number of hydrogen-bond donors (Lipinski definition) is 1. The maximum absolute atomic E-state index is 13.0. The van der Waals surface area contributed by atoms with Gasteiger partial charge in [-0.3, -0.25) is 9.59 Å². The molecule has 7 heteroatoms. The molecule has 1 atom stereocenters. The molecule has 1 aliphatic heterocycles. The first kappa shape index (κ1) is 18.9. The molecule has 0 bridgehead atoms. The minimum Gasteiger partial charge on any atom is -0.324 e. The molecule has 0 saturated heterocycles. The van der Waals surface area contributed by atoms with E-state index >= 15 is 0 Å². The fourth-order valence-corrected chi connectivity index (χ4v) is 4.17. The highest BCUT2D eigenvalue weighted by atomic mass is 32.2. The first-order chi connectivity index (χ1) is 12.9. The van der Waals surface area contributed by atoms with Gasteiger partial charge in [-0.05, 0) is 44.5 Å². The highest BCUT2D eigenvalue weighted by Crippen LogP contribution is 2.32. The molecule has 27 heavy (non-hydrogen) atoms. The Bertz CT molecular complexity index is 951. The summed E-state index contributed by atoms with van der Waals surface area (Å²) in [7, 11) is 0. The Morgan fingerprint density at radius 2 is 2.15 bits per heavy atom. The van der Waals surface area contributed by atoms with Gasteiger partial charge in [-0.1, -0.05) is 23.9 Å². The van der Waals surface area contributed by atoms with Crippen molar-refractivity contribution in [3.05, 3.63) is 47.2 Å². The van der Waals surface area contributed by atoms with Crippen LogP contribution >= 0.6 is 11.8 Å². The van der Waals surface area contributed by atoms with E-state index in [0.29, 0.717) is 22.0 Å². The number of nitrogens with zero attached hydrogens (tertiary/aromatic N) is 3. The number of aromatic nitrogens is 1. The maximum atomic E-state index is 13.0. The third-order valence-electron chi connectivity index (χ3n) is 4.38. The van der Waals surface area contributed by atoms with Crippen molar-refractivity contribution in [1.29, 1.82) is 5.26 Å². The number of anilines is 2. The number of fused-ring (bicyclic) bond motifs is 1. The Labute approximate surface area is 162 Å². The third kappa shape index (κ3) is 3.96. The van der Waals surface area contributed by atoms with Crippen molar-refractivity contribution in [2.45, 2.75) is 38.3 Å². The topological polar surface area (TPSA) is 86.1 Å². The van der Waals surface area contributed by atoms with Crippen LogP contribution in [0.2, 0.25) is 0 Å². The summed E-state index contributed by atoms with van der Waals surface area (Å²) >= 11 is 1.26. The lowest BCUT2D eigenvalue weighted by Gasteiger charge is -2.27. The molecule has 0 saturated carbocycles. The zero-order valence-corrected chi connectivity index (χ0v) is 16.3. The number of carbonyl (C=O) groups excluding carboxylic acids is 2. The van der Waals surface area contributed by atoms with Crippen LogP contribution in [0.4, 0.5) is 11.4 Å². The van der Waals surface area contributed by atoms with E-state index in [2.05, 4.69) is 16.4 Å². The molecule has 0 aliphatic carbocycles. The second-order valence-electron chi connectivity index (χ2n) is 6.54. The molecule has 0 unspecified atom stereocenters. The third-order valence-corrected chi connectivity index (χ3v) is 5.34. The highest BCUT2D eigenvalue weighted by molar-refractivity contribution is 8.00. The van der Waals surface area contributed by atoms with E-state index < -0.39 is 0 Å². The van der Waals surface area contributed by atoms with Crippen molar-refractivity contribution in [3.8, 4) is 6.07 Å². The van der Waals surface area contributed by atoms with Gasteiger partial charge in [0.2, 0.25) is 11.8 Å². The molecule has 3 rings (SSSR count). The number of amides is 2. The number of nitriles is 1. The fraction of sp³-hybridized carbons (Fsp3) is 0.300. The summed E-state index contributed by atoms with van der Waals surface area (Å²) in [5.74, 6) is -0.0980. The van der Waals surface area contributed by atoms with Crippen LogP contribution in [0.25, 0.3) is 0 Å². The largest absolute Gasteiger partial charge is 0.324 e. The van der Waals surface area contributed by atoms with E-state index in [9.17, 15) is 14.9 Å². The van der Waals surface area contributed by atoms with Crippen LogP contribution in [-0.2, 0) is 9.59 Å². The number of para-hydroxylation sites is 2. The van der Waals surface area contributed by atoms with Gasteiger partial charge in [0.1, 0.15) is 11.1 Å². The van der Waals surface area contributed by atoms with E-state index in [1.165, 1.54) is 11.8 Å². The second-order valence-corrected chi connectivity index (χ2v) is 7.51. The van der Waals surface area contributed by atoms with Gasteiger partial charge in [-0.2, -0.15) is 5.26 Å². The summed E-state index contributed by atoms with van der Waals surface area (Å²) in [4.78, 5) is 31.2. The zero-order chi connectivity index (χ0) is 19.6. The molecule has 2 heterocycles. The van der Waals surface area contributed by atoms with Crippen LogP contribution in [0.3, 0.4) is 0 Å². The summed E-state index contributed by atoms with van der Waals surface area (Å²) in [5.41, 5.74) is 3.48. The highest BCUT2D eigenvalue weighted by Gasteiger charge is 2.29. The zero-order valence-electron chi connectivity index (χ0n) is 15.4. The number of benzene rings is 1. The van der Waals surface area contributed by atoms with Crippen molar-refractivity contribution >= 4 is 35.0 Å². The lowest BCUT2D eigenvalue weighted by atomic mass is 10.1. The molecular weight excluding hydrogens is 360 g/mol. The van der Waals surface area contributed by atoms with Crippen LogP contribution in [0.1, 0.15) is 30.2 Å². The number of carbonyl (C=O) groups is 2. The van der Waals surface area contributed by atoms with E-state index in [1.54, 1.807) is 11.0 Å². The molecule has 2 amide bonds. The number of aryl methyl sites for hydroxylation is 2. The van der Waals surface area contributed by atoms with Crippen LogP contribution in [-0.4, -0.2) is 28.6 Å². The summed E-state index contributed by atoms with van der Waals surface area (Å²) in [6.07, 6.45) is 0.232. The number of pyridine rings is 1. The van der Waals surface area contributed by atoms with Crippen molar-refractivity contribution in [2.24, 2.45) is 0 Å². The standard InChI is InChI=1S/C20H20N4O2S/c1-12-8-13(2)22-20(15(12)10-21)27-11-19(26)24-14(3)9-18(25)23-16-6-4-5-7-17(16)24/h4-8,14H,9,11H2,1-3H3,(H,23,25)/t14-/m0/s1. The van der Waals surface area contributed by atoms with E-state index in [4.69, 9.17) is 0 Å². The lowest BCUT2D eigenvalue weighted by Crippen LogP contribution is -2.40. The van der Waals surface area contributed by atoms with Crippen LogP contribution in [0.5, 0.6) is 0 Å². The van der Waals surface area contributed by atoms with Gasteiger partial charge in [0.05, 0.1) is 22.7 Å². The van der Waals surface area contributed by atoms with Crippen LogP contribution < -0.4 is 10.2 Å². The Morgan fingerprint density at radius 3 is 2.89 bits per heavy atom. The summed E-state index contributed by atoms with van der Waals surface area (Å²) < 4.78 is 0. The van der Waals surface area contributed by atoms with E-state index in [0.717, 1.165) is 11.3 Å². The lowest BCUT2D eigenvalue weighted by molar-refractivity contribution is -0.117. The molecule has 1 aromatic heterocycles. The Hall–Kier alpha value is -2.85. The number of rotatable bonds is 3. The van der Waals surface area contributed by atoms with Gasteiger partial charge < -0.3 is 10.2 Å². The Morgan fingerprint density at radius 1 is 1.41 bits per heavy atom. The van der Waals surface area contributed by atoms with E-state index in [-0.39, 0.29) is 30.0 Å². The van der Waals surface area contributed by atoms with Gasteiger partial charge in [-0.25, -0.2) is 4.98 Å². The molecule has 1 aromatic carbocycles. The SMILES string of the molecule is Cc1cc(C)c(C#N)c(SCC(=O)N2c3ccccc3NC(=O)C[C@@H]2C)n1. The second kappa shape index (κ2) is 7.80. The van der Waals surface area contributed by atoms with Crippen LogP contribution in [0.15, 0.2) is 35.4 Å². The Balaban J connectivity index is 1.86. The molecule has 6 nitrogen and oxygen atoms in total. The molecular formula is C20H20N4O2S. The van der Waals surface area contributed by atoms with Crippen molar-refractivity contribution < 1.29 is 9.59 Å². The van der Waals surface area contributed by atoms with Gasteiger partial charge in [0.25, 0.3) is 0 Å². The fourth-order valence-electron chi connectivity index (χ4n) is 3.21. The van der Waals surface area contributed by atoms with Gasteiger partial charge >= 0.3 is 0 Å². The molecule has 1 N–H and O–H groups in total. The molecule has 2 aromatic rings. The Kier molecular flexibility index (Phi) is 5.47. The van der Waals surface area contributed by atoms with Gasteiger partial charge in [-0.15, -0.1) is 0 Å². The minimum atomic E-state index is -0.260. The summed E-state index contributed by atoms with van der Waals surface area (Å²) in [6.45, 7) is 5.59. The normalized spacial score (nSPS) is 16.1. The van der Waals surface area contributed by atoms with Gasteiger partial charge in [0, 0.05) is 18.2 Å². The smallest absolute Gasteiger partial charge is 0.237 e. The molecule has 0 radical (unpaired) electrons.